The maximum atomic E-state index is 12.7. The Morgan fingerprint density at radius 3 is 2.46 bits per heavy atom. The normalized spacial score (nSPS) is 11.3. The smallest absolute Gasteiger partial charge is 0.313 e. The number of hydrogen-bond acceptors (Lipinski definition) is 4. The van der Waals surface area contributed by atoms with E-state index in [2.05, 4.69) is 24.0 Å². The van der Waals surface area contributed by atoms with Gasteiger partial charge in [-0.1, -0.05) is 61.9 Å². The molecule has 3 aromatic rings. The summed E-state index contributed by atoms with van der Waals surface area (Å²) in [5.41, 5.74) is 1.55. The van der Waals surface area contributed by atoms with Crippen LogP contribution in [0, 0.1) is 0 Å². The summed E-state index contributed by atoms with van der Waals surface area (Å²) >= 11 is 1.60. The summed E-state index contributed by atoms with van der Waals surface area (Å²) in [5.74, 6) is 0.770. The van der Waals surface area contributed by atoms with Crippen LogP contribution >= 0.6 is 11.8 Å². The predicted molar refractivity (Wildman–Crippen MR) is 106 cm³/mol. The third-order valence-corrected chi connectivity index (χ3v) is 5.56. The summed E-state index contributed by atoms with van der Waals surface area (Å²) in [4.78, 5) is 29.6. The van der Waals surface area contributed by atoms with Crippen LogP contribution in [0.3, 0.4) is 0 Å². The van der Waals surface area contributed by atoms with Crippen LogP contribution in [0.4, 0.5) is 0 Å². The Morgan fingerprint density at radius 2 is 1.77 bits per heavy atom. The van der Waals surface area contributed by atoms with Crippen molar-refractivity contribution < 1.29 is 0 Å². The molecule has 0 saturated carbocycles. The lowest BCUT2D eigenvalue weighted by atomic mass is 10.2. The molecule has 0 spiro atoms. The van der Waals surface area contributed by atoms with Gasteiger partial charge in [-0.25, -0.2) is 9.78 Å². The van der Waals surface area contributed by atoms with Gasteiger partial charge in [0.15, 0.2) is 16.3 Å². The summed E-state index contributed by atoms with van der Waals surface area (Å²) in [7, 11) is 3.18. The maximum absolute atomic E-state index is 12.7. The second kappa shape index (κ2) is 7.95. The van der Waals surface area contributed by atoms with Gasteiger partial charge in [0.2, 0.25) is 0 Å². The van der Waals surface area contributed by atoms with Gasteiger partial charge in [0.25, 0.3) is 5.56 Å². The molecule has 3 rings (SSSR count). The Kier molecular flexibility index (Phi) is 5.66. The van der Waals surface area contributed by atoms with Gasteiger partial charge in [-0.15, -0.1) is 0 Å². The van der Waals surface area contributed by atoms with Crippen molar-refractivity contribution in [1.29, 1.82) is 0 Å². The topological polar surface area (TPSA) is 61.8 Å². The standard InChI is InChI=1S/C19H24N4O2S/c1-4-5-9-12-23-15-16(21(2)19(25)22(3)17(15)24)20-18(23)26-13-14-10-7-6-8-11-14/h6-8,10-11H,4-5,9,12-13H2,1-3H3. The monoisotopic (exact) mass is 372 g/mol. The van der Waals surface area contributed by atoms with E-state index in [0.717, 1.165) is 41.3 Å². The molecule has 0 unspecified atom stereocenters. The predicted octanol–water partition coefficient (Wildman–Crippen LogP) is 2.92. The molecule has 0 bridgehead atoms. The molecule has 2 aromatic heterocycles. The Balaban J connectivity index is 2.07. The Morgan fingerprint density at radius 1 is 1.04 bits per heavy atom. The van der Waals surface area contributed by atoms with Crippen molar-refractivity contribution in [1.82, 2.24) is 18.7 Å². The van der Waals surface area contributed by atoms with E-state index in [9.17, 15) is 9.59 Å². The molecule has 6 nitrogen and oxygen atoms in total. The highest BCUT2D eigenvalue weighted by atomic mass is 32.2. The second-order valence-corrected chi connectivity index (χ2v) is 7.35. The van der Waals surface area contributed by atoms with Crippen molar-refractivity contribution in [3.63, 3.8) is 0 Å². The first-order valence-electron chi connectivity index (χ1n) is 8.87. The van der Waals surface area contributed by atoms with Crippen LogP contribution in [0.1, 0.15) is 31.7 Å². The summed E-state index contributed by atoms with van der Waals surface area (Å²) in [6, 6.07) is 10.2. The zero-order valence-corrected chi connectivity index (χ0v) is 16.3. The van der Waals surface area contributed by atoms with E-state index in [4.69, 9.17) is 0 Å². The molecule has 2 heterocycles. The summed E-state index contributed by atoms with van der Waals surface area (Å²) in [6.45, 7) is 2.88. The molecule has 0 atom stereocenters. The van der Waals surface area contributed by atoms with Gasteiger partial charge < -0.3 is 4.57 Å². The SMILES string of the molecule is CCCCCn1c(SCc2ccccc2)nc2c1c(=O)n(C)c(=O)n2C. The molecular formula is C19H24N4O2S. The highest BCUT2D eigenvalue weighted by Gasteiger charge is 2.19. The van der Waals surface area contributed by atoms with Crippen molar-refractivity contribution in [2.75, 3.05) is 0 Å². The van der Waals surface area contributed by atoms with E-state index in [-0.39, 0.29) is 11.2 Å². The molecule has 7 heteroatoms. The maximum Gasteiger partial charge on any atom is 0.332 e. The molecule has 0 fully saturated rings. The Bertz CT molecular complexity index is 1020. The number of rotatable bonds is 7. The molecule has 0 aliphatic carbocycles. The first-order valence-corrected chi connectivity index (χ1v) is 9.86. The number of thioether (sulfide) groups is 1. The fraction of sp³-hybridized carbons (Fsp3) is 0.421. The van der Waals surface area contributed by atoms with Crippen LogP contribution in [0.2, 0.25) is 0 Å². The molecule has 0 radical (unpaired) electrons. The summed E-state index contributed by atoms with van der Waals surface area (Å²) < 4.78 is 4.60. The zero-order valence-electron chi connectivity index (χ0n) is 15.4. The minimum Gasteiger partial charge on any atom is -0.313 e. The molecule has 0 aliphatic rings. The number of aromatic nitrogens is 4. The van der Waals surface area contributed by atoms with Gasteiger partial charge in [-0.05, 0) is 12.0 Å². The van der Waals surface area contributed by atoms with Crippen molar-refractivity contribution in [2.45, 2.75) is 43.6 Å². The van der Waals surface area contributed by atoms with E-state index in [1.165, 1.54) is 17.2 Å². The number of aryl methyl sites for hydroxylation is 2. The number of imidazole rings is 1. The lowest BCUT2D eigenvalue weighted by Gasteiger charge is -2.09. The van der Waals surface area contributed by atoms with Gasteiger partial charge in [0.05, 0.1) is 0 Å². The van der Waals surface area contributed by atoms with Crippen molar-refractivity contribution in [3.8, 4) is 0 Å². The fourth-order valence-electron chi connectivity index (χ4n) is 2.99. The quantitative estimate of drug-likeness (QED) is 0.473. The van der Waals surface area contributed by atoms with Gasteiger partial charge in [-0.3, -0.25) is 13.9 Å². The van der Waals surface area contributed by atoms with E-state index in [1.807, 2.05) is 22.8 Å². The molecule has 26 heavy (non-hydrogen) atoms. The van der Waals surface area contributed by atoms with Crippen LogP contribution in [0.25, 0.3) is 11.2 Å². The summed E-state index contributed by atoms with van der Waals surface area (Å²) in [6.07, 6.45) is 3.18. The van der Waals surface area contributed by atoms with E-state index >= 15 is 0 Å². The lowest BCUT2D eigenvalue weighted by molar-refractivity contribution is 0.576. The number of fused-ring (bicyclic) bond motifs is 1. The number of unbranched alkanes of at least 4 members (excludes halogenated alkanes) is 2. The Labute approximate surface area is 156 Å². The van der Waals surface area contributed by atoms with E-state index in [1.54, 1.807) is 18.8 Å². The van der Waals surface area contributed by atoms with Crippen molar-refractivity contribution in [2.24, 2.45) is 14.1 Å². The zero-order chi connectivity index (χ0) is 18.7. The van der Waals surface area contributed by atoms with Crippen LogP contribution in [0.15, 0.2) is 45.1 Å². The average molecular weight is 372 g/mol. The largest absolute Gasteiger partial charge is 0.332 e. The van der Waals surface area contributed by atoms with Crippen LogP contribution in [0.5, 0.6) is 0 Å². The minimum absolute atomic E-state index is 0.279. The van der Waals surface area contributed by atoms with Crippen molar-refractivity contribution >= 4 is 22.9 Å². The van der Waals surface area contributed by atoms with Gasteiger partial charge in [-0.2, -0.15) is 0 Å². The van der Waals surface area contributed by atoms with Gasteiger partial charge in [0.1, 0.15) is 0 Å². The van der Waals surface area contributed by atoms with E-state index in [0.29, 0.717) is 11.2 Å². The third kappa shape index (κ3) is 3.49. The molecule has 138 valence electrons. The number of nitrogens with zero attached hydrogens (tertiary/aromatic N) is 4. The average Bonchev–Trinajstić information content (AvgIpc) is 3.03. The van der Waals surface area contributed by atoms with Crippen molar-refractivity contribution in [3.05, 3.63) is 56.7 Å². The molecule has 0 N–H and O–H groups in total. The molecular weight excluding hydrogens is 348 g/mol. The first kappa shape index (κ1) is 18.5. The van der Waals surface area contributed by atoms with Crippen LogP contribution < -0.4 is 11.2 Å². The van der Waals surface area contributed by atoms with Gasteiger partial charge in [0, 0.05) is 26.4 Å². The summed E-state index contributed by atoms with van der Waals surface area (Å²) in [5, 5.41) is 0.790. The minimum atomic E-state index is -0.347. The second-order valence-electron chi connectivity index (χ2n) is 6.41. The van der Waals surface area contributed by atoms with Crippen LogP contribution in [-0.4, -0.2) is 18.7 Å². The first-order chi connectivity index (χ1) is 12.5. The molecule has 0 amide bonds. The Hall–Kier alpha value is -2.28. The lowest BCUT2D eigenvalue weighted by Crippen LogP contribution is -2.37. The highest BCUT2D eigenvalue weighted by molar-refractivity contribution is 7.98. The number of hydrogen-bond donors (Lipinski definition) is 0. The third-order valence-electron chi connectivity index (χ3n) is 4.51. The van der Waals surface area contributed by atoms with Gasteiger partial charge >= 0.3 is 5.69 Å². The number of benzene rings is 1. The molecule has 0 aliphatic heterocycles. The molecule has 0 saturated heterocycles. The van der Waals surface area contributed by atoms with Crippen LogP contribution in [-0.2, 0) is 26.4 Å². The fourth-order valence-corrected chi connectivity index (χ4v) is 3.96. The molecule has 1 aromatic carbocycles. The highest BCUT2D eigenvalue weighted by Crippen LogP contribution is 2.25. The van der Waals surface area contributed by atoms with E-state index < -0.39 is 0 Å².